The number of fused-ring (bicyclic) bond motifs is 4. The quantitative estimate of drug-likeness (QED) is 0.770. The maximum absolute atomic E-state index is 13.5. The lowest BCUT2D eigenvalue weighted by atomic mass is 9.83. The molecule has 29 heavy (non-hydrogen) atoms. The number of nitrogens with zero attached hydrogens (tertiary/aromatic N) is 1. The molecule has 2 aliphatic heterocycles. The van der Waals surface area contributed by atoms with E-state index in [0.717, 1.165) is 17.5 Å². The highest BCUT2D eigenvalue weighted by atomic mass is 16.5. The van der Waals surface area contributed by atoms with Crippen molar-refractivity contribution in [2.75, 3.05) is 42.1 Å². The minimum Gasteiger partial charge on any atom is -0.493 e. The van der Waals surface area contributed by atoms with E-state index in [4.69, 9.17) is 23.7 Å². The van der Waals surface area contributed by atoms with Gasteiger partial charge in [-0.15, -0.1) is 0 Å². The molecule has 0 saturated carbocycles. The zero-order valence-electron chi connectivity index (χ0n) is 17.3. The molecule has 0 spiro atoms. The van der Waals surface area contributed by atoms with E-state index in [1.165, 1.54) is 5.56 Å². The Bertz CT molecular complexity index is 971. The lowest BCUT2D eigenvalue weighted by Gasteiger charge is -2.42. The molecule has 2 heterocycles. The summed E-state index contributed by atoms with van der Waals surface area (Å²) in [5, 5.41) is 0. The highest BCUT2D eigenvalue weighted by Crippen LogP contribution is 2.48. The number of methoxy groups -OCH3 is 5. The number of amides is 1. The Balaban J connectivity index is 1.87. The van der Waals surface area contributed by atoms with Crippen LogP contribution in [0.2, 0.25) is 0 Å². The summed E-state index contributed by atoms with van der Waals surface area (Å²) in [4.78, 5) is 15.4. The largest absolute Gasteiger partial charge is 0.493 e. The number of ether oxygens (including phenoxy) is 5. The fourth-order valence-electron chi connectivity index (χ4n) is 4.45. The normalized spacial score (nSPS) is 17.1. The van der Waals surface area contributed by atoms with E-state index >= 15 is 0 Å². The molecule has 0 N–H and O–H groups in total. The first kappa shape index (κ1) is 19.2. The first-order valence-corrected chi connectivity index (χ1v) is 9.45. The maximum atomic E-state index is 13.5. The van der Waals surface area contributed by atoms with Gasteiger partial charge in [-0.2, -0.15) is 0 Å². The summed E-state index contributed by atoms with van der Waals surface area (Å²) < 4.78 is 27.5. The van der Waals surface area contributed by atoms with Crippen molar-refractivity contribution in [3.05, 3.63) is 40.5 Å². The average Bonchev–Trinajstić information content (AvgIpc) is 2.76. The summed E-state index contributed by atoms with van der Waals surface area (Å²) in [5.74, 6) is 2.71. The van der Waals surface area contributed by atoms with Crippen LogP contribution in [0.15, 0.2) is 18.2 Å². The van der Waals surface area contributed by atoms with Gasteiger partial charge in [0.2, 0.25) is 5.75 Å². The fourth-order valence-corrected chi connectivity index (χ4v) is 4.45. The Kier molecular flexibility index (Phi) is 4.90. The van der Waals surface area contributed by atoms with Crippen molar-refractivity contribution < 1.29 is 28.5 Å². The third-order valence-corrected chi connectivity index (χ3v) is 5.80. The summed E-state index contributed by atoms with van der Waals surface area (Å²) in [5.41, 5.74) is 3.69. The summed E-state index contributed by atoms with van der Waals surface area (Å²) >= 11 is 0. The third kappa shape index (κ3) is 2.84. The molecule has 154 valence electrons. The van der Waals surface area contributed by atoms with Crippen molar-refractivity contribution in [1.29, 1.82) is 0 Å². The van der Waals surface area contributed by atoms with Gasteiger partial charge in [-0.3, -0.25) is 4.79 Å². The van der Waals surface area contributed by atoms with Crippen molar-refractivity contribution in [3.8, 4) is 28.7 Å². The van der Waals surface area contributed by atoms with E-state index in [1.807, 2.05) is 23.1 Å². The number of carbonyl (C=O) groups is 1. The molecular formula is C22H25NO6. The van der Waals surface area contributed by atoms with Crippen molar-refractivity contribution >= 4 is 5.91 Å². The van der Waals surface area contributed by atoms with Gasteiger partial charge in [0.1, 0.15) is 0 Å². The van der Waals surface area contributed by atoms with Gasteiger partial charge in [0, 0.05) is 6.54 Å². The second-order valence-electron chi connectivity index (χ2n) is 7.05. The van der Waals surface area contributed by atoms with Crippen LogP contribution in [0, 0.1) is 0 Å². The lowest BCUT2D eigenvalue weighted by molar-refractivity contribution is 0.0625. The number of rotatable bonds is 5. The molecular weight excluding hydrogens is 374 g/mol. The van der Waals surface area contributed by atoms with E-state index in [1.54, 1.807) is 35.5 Å². The molecule has 1 atom stereocenters. The molecule has 2 aromatic carbocycles. The zero-order chi connectivity index (χ0) is 20.7. The molecule has 0 saturated heterocycles. The fraction of sp³-hybridized carbons (Fsp3) is 0.409. The molecule has 1 unspecified atom stereocenters. The lowest BCUT2D eigenvalue weighted by Crippen LogP contribution is -2.44. The van der Waals surface area contributed by atoms with Crippen LogP contribution in [-0.4, -0.2) is 52.9 Å². The van der Waals surface area contributed by atoms with Crippen molar-refractivity contribution in [2.45, 2.75) is 18.9 Å². The average molecular weight is 399 g/mol. The van der Waals surface area contributed by atoms with Gasteiger partial charge in [0.15, 0.2) is 23.0 Å². The van der Waals surface area contributed by atoms with Crippen LogP contribution in [0.25, 0.3) is 0 Å². The summed E-state index contributed by atoms with van der Waals surface area (Å²) in [6.07, 6.45) is 1.41. The molecule has 0 aliphatic carbocycles. The third-order valence-electron chi connectivity index (χ3n) is 5.80. The standard InChI is InChI=1S/C22H25NO6/c1-25-16-9-12-6-7-23-15(14(12)11-17(16)26-2)8-13-10-18(27-3)20(28-4)21(29-5)19(13)22(23)24/h9-11,15H,6-8H2,1-5H3. The minimum atomic E-state index is -0.0821. The van der Waals surface area contributed by atoms with E-state index in [0.29, 0.717) is 47.3 Å². The summed E-state index contributed by atoms with van der Waals surface area (Å²) in [6.45, 7) is 0.628. The molecule has 0 fully saturated rings. The van der Waals surface area contributed by atoms with Crippen LogP contribution >= 0.6 is 0 Å². The van der Waals surface area contributed by atoms with Crippen LogP contribution in [-0.2, 0) is 12.8 Å². The van der Waals surface area contributed by atoms with Crippen LogP contribution < -0.4 is 23.7 Å². The van der Waals surface area contributed by atoms with E-state index in [2.05, 4.69) is 0 Å². The van der Waals surface area contributed by atoms with E-state index < -0.39 is 0 Å². The van der Waals surface area contributed by atoms with Gasteiger partial charge in [-0.25, -0.2) is 0 Å². The van der Waals surface area contributed by atoms with Gasteiger partial charge < -0.3 is 28.6 Å². The van der Waals surface area contributed by atoms with Gasteiger partial charge in [0.25, 0.3) is 5.91 Å². The number of benzene rings is 2. The van der Waals surface area contributed by atoms with Gasteiger partial charge in [-0.05, 0) is 47.7 Å². The molecule has 7 nitrogen and oxygen atoms in total. The highest BCUT2D eigenvalue weighted by molar-refractivity contribution is 6.01. The zero-order valence-corrected chi connectivity index (χ0v) is 17.3. The second kappa shape index (κ2) is 7.39. The van der Waals surface area contributed by atoms with Crippen molar-refractivity contribution in [3.63, 3.8) is 0 Å². The summed E-state index contributed by atoms with van der Waals surface area (Å²) in [7, 11) is 7.91. The Hall–Kier alpha value is -3.09. The SMILES string of the molecule is COc1cc2c(cc1OC)C1Cc3cc(OC)c(OC)c(OC)c3C(=O)N1CC2. The molecule has 1 amide bonds. The van der Waals surface area contributed by atoms with Crippen molar-refractivity contribution in [1.82, 2.24) is 4.90 Å². The van der Waals surface area contributed by atoms with Crippen molar-refractivity contribution in [2.24, 2.45) is 0 Å². The van der Waals surface area contributed by atoms with Crippen LogP contribution in [0.4, 0.5) is 0 Å². The topological polar surface area (TPSA) is 66.5 Å². The van der Waals surface area contributed by atoms with Gasteiger partial charge in [0.05, 0.1) is 47.2 Å². The predicted octanol–water partition coefficient (Wildman–Crippen LogP) is 3.03. The minimum absolute atomic E-state index is 0.0607. The predicted molar refractivity (Wildman–Crippen MR) is 107 cm³/mol. The second-order valence-corrected chi connectivity index (χ2v) is 7.05. The highest BCUT2D eigenvalue weighted by Gasteiger charge is 2.40. The molecule has 2 aromatic rings. The Morgan fingerprint density at radius 2 is 1.41 bits per heavy atom. The molecule has 0 aromatic heterocycles. The smallest absolute Gasteiger partial charge is 0.258 e. The van der Waals surface area contributed by atoms with E-state index in [-0.39, 0.29) is 11.9 Å². The maximum Gasteiger partial charge on any atom is 0.258 e. The molecule has 0 bridgehead atoms. The first-order chi connectivity index (χ1) is 14.1. The molecule has 7 heteroatoms. The number of hydrogen-bond acceptors (Lipinski definition) is 6. The number of carbonyl (C=O) groups excluding carboxylic acids is 1. The van der Waals surface area contributed by atoms with Crippen LogP contribution in [0.3, 0.4) is 0 Å². The van der Waals surface area contributed by atoms with Gasteiger partial charge in [-0.1, -0.05) is 0 Å². The van der Waals surface area contributed by atoms with Crippen LogP contribution in [0.5, 0.6) is 28.7 Å². The van der Waals surface area contributed by atoms with Gasteiger partial charge >= 0.3 is 0 Å². The summed E-state index contributed by atoms with van der Waals surface area (Å²) in [6, 6.07) is 5.80. The Morgan fingerprint density at radius 3 is 2.03 bits per heavy atom. The van der Waals surface area contributed by atoms with Crippen LogP contribution in [0.1, 0.15) is 33.1 Å². The Morgan fingerprint density at radius 1 is 0.793 bits per heavy atom. The monoisotopic (exact) mass is 399 g/mol. The molecule has 4 rings (SSSR count). The molecule has 2 aliphatic rings. The number of hydrogen-bond donors (Lipinski definition) is 0. The van der Waals surface area contributed by atoms with E-state index in [9.17, 15) is 4.79 Å². The first-order valence-electron chi connectivity index (χ1n) is 9.45. The Labute approximate surface area is 170 Å². The molecule has 0 radical (unpaired) electrons.